The normalized spacial score (nSPS) is 16.8. The van der Waals surface area contributed by atoms with Crippen LogP contribution in [0.2, 0.25) is 0 Å². The van der Waals surface area contributed by atoms with Crippen molar-refractivity contribution in [2.24, 2.45) is 0 Å². The second kappa shape index (κ2) is 8.51. The number of para-hydroxylation sites is 1. The number of hydrogen-bond acceptors (Lipinski definition) is 6. The van der Waals surface area contributed by atoms with Crippen LogP contribution in [-0.2, 0) is 11.2 Å². The average Bonchev–Trinajstić information content (AvgIpc) is 2.69. The number of nitrogens with zero attached hydrogens (tertiary/aromatic N) is 3. The smallest absolute Gasteiger partial charge is 0.233 e. The Morgan fingerprint density at radius 2 is 1.88 bits per heavy atom. The van der Waals surface area contributed by atoms with E-state index in [4.69, 9.17) is 14.2 Å². The summed E-state index contributed by atoms with van der Waals surface area (Å²) < 4.78 is 16.2. The topological polar surface area (TPSA) is 73.8 Å². The van der Waals surface area contributed by atoms with Gasteiger partial charge < -0.3 is 19.1 Å². The van der Waals surface area contributed by atoms with E-state index in [1.165, 1.54) is 7.11 Å². The Labute approximate surface area is 152 Å². The lowest BCUT2D eigenvalue weighted by atomic mass is 10.1. The van der Waals surface area contributed by atoms with Gasteiger partial charge in [-0.2, -0.15) is 0 Å². The lowest BCUT2D eigenvalue weighted by Crippen LogP contribution is -2.45. The largest absolute Gasteiger partial charge is 0.496 e. The third kappa shape index (κ3) is 4.41. The molecule has 0 saturated carbocycles. The second-order valence-electron chi connectivity index (χ2n) is 6.12. The highest BCUT2D eigenvalue weighted by atomic mass is 16.5. The van der Waals surface area contributed by atoms with Crippen LogP contribution in [0.1, 0.15) is 18.4 Å². The van der Waals surface area contributed by atoms with Crippen LogP contribution in [0.25, 0.3) is 0 Å². The molecule has 0 N–H and O–H groups in total. The Morgan fingerprint density at radius 3 is 2.62 bits per heavy atom. The first-order valence-electron chi connectivity index (χ1n) is 8.63. The molecule has 2 aromatic rings. The van der Waals surface area contributed by atoms with Crippen molar-refractivity contribution in [2.75, 3.05) is 27.3 Å². The summed E-state index contributed by atoms with van der Waals surface area (Å²) in [6.07, 6.45) is 2.00. The molecule has 1 aromatic heterocycles. The fourth-order valence-corrected chi connectivity index (χ4v) is 3.03. The molecule has 26 heavy (non-hydrogen) atoms. The van der Waals surface area contributed by atoms with Crippen molar-refractivity contribution in [2.45, 2.75) is 25.4 Å². The molecule has 3 rings (SSSR count). The fourth-order valence-electron chi connectivity index (χ4n) is 3.03. The lowest BCUT2D eigenvalue weighted by molar-refractivity contribution is -0.133. The van der Waals surface area contributed by atoms with Gasteiger partial charge in [0.05, 0.1) is 27.2 Å². The molecule has 7 heteroatoms. The molecule has 1 atom stereocenters. The third-order valence-corrected chi connectivity index (χ3v) is 4.38. The van der Waals surface area contributed by atoms with Crippen LogP contribution in [0.3, 0.4) is 0 Å². The Balaban J connectivity index is 1.59. The van der Waals surface area contributed by atoms with Gasteiger partial charge in [-0.3, -0.25) is 4.79 Å². The molecule has 0 bridgehead atoms. The van der Waals surface area contributed by atoms with E-state index >= 15 is 0 Å². The lowest BCUT2D eigenvalue weighted by Gasteiger charge is -2.32. The molecular formula is C19H23N3O4. The van der Waals surface area contributed by atoms with E-state index in [1.807, 2.05) is 29.2 Å². The van der Waals surface area contributed by atoms with Gasteiger partial charge in [0.25, 0.3) is 0 Å². The van der Waals surface area contributed by atoms with Crippen molar-refractivity contribution in [3.05, 3.63) is 42.0 Å². The monoisotopic (exact) mass is 357 g/mol. The molecule has 1 aromatic carbocycles. The maximum absolute atomic E-state index is 12.7. The molecule has 0 spiro atoms. The number of piperidine rings is 1. The Morgan fingerprint density at radius 1 is 1.12 bits per heavy atom. The van der Waals surface area contributed by atoms with Crippen LogP contribution in [0.5, 0.6) is 17.5 Å². The maximum atomic E-state index is 12.7. The number of carbonyl (C=O) groups is 1. The summed E-state index contributed by atoms with van der Waals surface area (Å²) in [5, 5.41) is 7.89. The van der Waals surface area contributed by atoms with Crippen LogP contribution in [0.4, 0.5) is 0 Å². The van der Waals surface area contributed by atoms with Gasteiger partial charge in [-0.05, 0) is 18.9 Å². The zero-order valence-electron chi connectivity index (χ0n) is 15.1. The minimum absolute atomic E-state index is 0.0728. The van der Waals surface area contributed by atoms with Crippen molar-refractivity contribution >= 4 is 5.91 Å². The summed E-state index contributed by atoms with van der Waals surface area (Å²) in [6, 6.07) is 11.0. The zero-order chi connectivity index (χ0) is 18.4. The van der Waals surface area contributed by atoms with Crippen LogP contribution in [-0.4, -0.2) is 54.4 Å². The molecular weight excluding hydrogens is 334 g/mol. The van der Waals surface area contributed by atoms with E-state index < -0.39 is 0 Å². The van der Waals surface area contributed by atoms with Crippen LogP contribution in [0.15, 0.2) is 36.4 Å². The second-order valence-corrected chi connectivity index (χ2v) is 6.12. The molecule has 2 heterocycles. The maximum Gasteiger partial charge on any atom is 0.233 e. The quantitative estimate of drug-likeness (QED) is 0.788. The fraction of sp³-hybridized carbons (Fsp3) is 0.421. The van der Waals surface area contributed by atoms with Gasteiger partial charge in [-0.1, -0.05) is 18.2 Å². The predicted molar refractivity (Wildman–Crippen MR) is 95.5 cm³/mol. The summed E-state index contributed by atoms with van der Waals surface area (Å²) in [6.45, 7) is 1.28. The molecule has 1 amide bonds. The van der Waals surface area contributed by atoms with E-state index in [1.54, 1.807) is 19.2 Å². The molecule has 0 radical (unpaired) electrons. The summed E-state index contributed by atoms with van der Waals surface area (Å²) in [5.74, 6) is 1.69. The highest BCUT2D eigenvalue weighted by molar-refractivity contribution is 5.79. The highest BCUT2D eigenvalue weighted by Crippen LogP contribution is 2.21. The van der Waals surface area contributed by atoms with E-state index in [0.29, 0.717) is 24.7 Å². The van der Waals surface area contributed by atoms with Gasteiger partial charge in [0.1, 0.15) is 11.9 Å². The van der Waals surface area contributed by atoms with E-state index in [2.05, 4.69) is 10.2 Å². The van der Waals surface area contributed by atoms with Gasteiger partial charge >= 0.3 is 0 Å². The van der Waals surface area contributed by atoms with E-state index in [9.17, 15) is 4.79 Å². The van der Waals surface area contributed by atoms with E-state index in [-0.39, 0.29) is 12.0 Å². The summed E-state index contributed by atoms with van der Waals surface area (Å²) in [4.78, 5) is 14.5. The Hall–Kier alpha value is -2.83. The predicted octanol–water partition coefficient (Wildman–Crippen LogP) is 2.11. The molecule has 1 saturated heterocycles. The molecule has 1 fully saturated rings. The minimum atomic E-state index is -0.0898. The zero-order valence-corrected chi connectivity index (χ0v) is 15.1. The summed E-state index contributed by atoms with van der Waals surface area (Å²) >= 11 is 0. The number of methoxy groups -OCH3 is 2. The first-order chi connectivity index (χ1) is 12.7. The van der Waals surface area contributed by atoms with E-state index in [0.717, 1.165) is 30.7 Å². The summed E-state index contributed by atoms with van der Waals surface area (Å²) in [7, 11) is 3.15. The first-order valence-corrected chi connectivity index (χ1v) is 8.63. The van der Waals surface area contributed by atoms with Crippen molar-refractivity contribution in [3.8, 4) is 17.5 Å². The van der Waals surface area contributed by atoms with Crippen molar-refractivity contribution in [3.63, 3.8) is 0 Å². The molecule has 0 aliphatic carbocycles. The number of carbonyl (C=O) groups excluding carboxylic acids is 1. The van der Waals surface area contributed by atoms with Gasteiger partial charge in [0.2, 0.25) is 17.7 Å². The number of hydrogen-bond donors (Lipinski definition) is 0. The van der Waals surface area contributed by atoms with Crippen molar-refractivity contribution in [1.29, 1.82) is 0 Å². The number of amides is 1. The molecule has 138 valence electrons. The van der Waals surface area contributed by atoms with Gasteiger partial charge in [-0.15, -0.1) is 10.2 Å². The average molecular weight is 357 g/mol. The molecule has 1 unspecified atom stereocenters. The first kappa shape index (κ1) is 18.0. The third-order valence-electron chi connectivity index (χ3n) is 4.38. The van der Waals surface area contributed by atoms with Crippen molar-refractivity contribution < 1.29 is 19.0 Å². The van der Waals surface area contributed by atoms with Crippen LogP contribution < -0.4 is 14.2 Å². The molecule has 7 nitrogen and oxygen atoms in total. The SMILES string of the molecule is COc1ccc(OC2CCCN(C(=O)Cc3ccccc3OC)C2)nn1. The number of rotatable bonds is 6. The molecule has 1 aliphatic rings. The number of likely N-dealkylation sites (tertiary alicyclic amines) is 1. The van der Waals surface area contributed by atoms with Crippen molar-refractivity contribution in [1.82, 2.24) is 15.1 Å². The van der Waals surface area contributed by atoms with Gasteiger partial charge in [0.15, 0.2) is 0 Å². The number of ether oxygens (including phenoxy) is 3. The van der Waals surface area contributed by atoms with Gasteiger partial charge in [0, 0.05) is 24.2 Å². The van der Waals surface area contributed by atoms with Gasteiger partial charge in [-0.25, -0.2) is 0 Å². The summed E-state index contributed by atoms with van der Waals surface area (Å²) in [5.41, 5.74) is 0.893. The molecule has 1 aliphatic heterocycles. The number of benzene rings is 1. The standard InChI is InChI=1S/C19H23N3O4/c1-24-16-8-4-3-6-14(16)12-19(23)22-11-5-7-15(13-22)26-18-10-9-17(25-2)20-21-18/h3-4,6,8-10,15H,5,7,11-13H2,1-2H3. The highest BCUT2D eigenvalue weighted by Gasteiger charge is 2.25. The number of aromatic nitrogens is 2. The Kier molecular flexibility index (Phi) is 5.88. The van der Waals surface area contributed by atoms with Crippen LogP contribution in [0, 0.1) is 0 Å². The minimum Gasteiger partial charge on any atom is -0.496 e. The Bertz CT molecular complexity index is 736. The van der Waals surface area contributed by atoms with Crippen LogP contribution >= 0.6 is 0 Å².